The van der Waals surface area contributed by atoms with Crippen LogP contribution in [0.25, 0.3) is 0 Å². The number of hydrogen-bond donors (Lipinski definition) is 1. The molecule has 0 aromatic heterocycles. The SMILES string of the molecule is CC(=O)NCC1CC=CC(=O)O1. The van der Waals surface area contributed by atoms with Crippen LogP contribution in [0.5, 0.6) is 0 Å². The molecule has 0 bridgehead atoms. The predicted molar refractivity (Wildman–Crippen MR) is 42.3 cm³/mol. The van der Waals surface area contributed by atoms with Gasteiger partial charge >= 0.3 is 5.97 Å². The van der Waals surface area contributed by atoms with Crippen molar-refractivity contribution in [3.05, 3.63) is 12.2 Å². The van der Waals surface area contributed by atoms with E-state index in [0.29, 0.717) is 13.0 Å². The standard InChI is InChI=1S/C8H11NO3/c1-6(10)9-5-7-3-2-4-8(11)12-7/h2,4,7H,3,5H2,1H3,(H,9,10). The molecule has 12 heavy (non-hydrogen) atoms. The highest BCUT2D eigenvalue weighted by atomic mass is 16.5. The third-order valence-corrected chi connectivity index (χ3v) is 1.51. The molecule has 0 aliphatic carbocycles. The summed E-state index contributed by atoms with van der Waals surface area (Å²) in [5, 5.41) is 2.59. The van der Waals surface area contributed by atoms with E-state index in [0.717, 1.165) is 0 Å². The number of amides is 1. The first-order chi connectivity index (χ1) is 5.68. The lowest BCUT2D eigenvalue weighted by molar-refractivity contribution is -0.144. The summed E-state index contributed by atoms with van der Waals surface area (Å²) in [4.78, 5) is 21.2. The van der Waals surface area contributed by atoms with Crippen molar-refractivity contribution in [2.24, 2.45) is 0 Å². The third kappa shape index (κ3) is 2.74. The molecular formula is C8H11NO3. The Morgan fingerprint density at radius 2 is 2.58 bits per heavy atom. The molecule has 4 nitrogen and oxygen atoms in total. The van der Waals surface area contributed by atoms with Crippen molar-refractivity contribution in [3.63, 3.8) is 0 Å². The predicted octanol–water partition coefficient (Wildman–Crippen LogP) is -0.00580. The Morgan fingerprint density at radius 3 is 3.17 bits per heavy atom. The molecule has 0 aromatic carbocycles. The van der Waals surface area contributed by atoms with Gasteiger partial charge in [0.15, 0.2) is 0 Å². The molecule has 1 rings (SSSR count). The van der Waals surface area contributed by atoms with Crippen LogP contribution in [0, 0.1) is 0 Å². The molecule has 0 saturated carbocycles. The monoisotopic (exact) mass is 169 g/mol. The molecule has 1 amide bonds. The van der Waals surface area contributed by atoms with Gasteiger partial charge in [-0.3, -0.25) is 4.79 Å². The van der Waals surface area contributed by atoms with Crippen LogP contribution in [-0.4, -0.2) is 24.5 Å². The highest BCUT2D eigenvalue weighted by Crippen LogP contribution is 2.05. The highest BCUT2D eigenvalue weighted by Gasteiger charge is 2.15. The quantitative estimate of drug-likeness (QED) is 0.592. The van der Waals surface area contributed by atoms with E-state index in [2.05, 4.69) is 5.32 Å². The van der Waals surface area contributed by atoms with E-state index in [4.69, 9.17) is 4.74 Å². The summed E-state index contributed by atoms with van der Waals surface area (Å²) >= 11 is 0. The molecule has 66 valence electrons. The first kappa shape index (κ1) is 8.77. The molecule has 0 aromatic rings. The van der Waals surface area contributed by atoms with Gasteiger partial charge in [0.1, 0.15) is 6.10 Å². The van der Waals surface area contributed by atoms with Gasteiger partial charge in [-0.2, -0.15) is 0 Å². The average molecular weight is 169 g/mol. The van der Waals surface area contributed by atoms with E-state index < -0.39 is 0 Å². The average Bonchev–Trinajstić information content (AvgIpc) is 2.01. The lowest BCUT2D eigenvalue weighted by Gasteiger charge is -2.18. The highest BCUT2D eigenvalue weighted by molar-refractivity contribution is 5.82. The second-order valence-electron chi connectivity index (χ2n) is 2.63. The van der Waals surface area contributed by atoms with Gasteiger partial charge in [0.25, 0.3) is 0 Å². The summed E-state index contributed by atoms with van der Waals surface area (Å²) in [6.07, 6.45) is 3.61. The molecule has 1 N–H and O–H groups in total. The molecule has 0 saturated heterocycles. The summed E-state index contributed by atoms with van der Waals surface area (Å²) in [6, 6.07) is 0. The molecule has 0 spiro atoms. The largest absolute Gasteiger partial charge is 0.457 e. The lowest BCUT2D eigenvalue weighted by Crippen LogP contribution is -2.34. The van der Waals surface area contributed by atoms with E-state index >= 15 is 0 Å². The van der Waals surface area contributed by atoms with Crippen LogP contribution in [-0.2, 0) is 14.3 Å². The van der Waals surface area contributed by atoms with Gasteiger partial charge in [-0.05, 0) is 0 Å². The van der Waals surface area contributed by atoms with Crippen LogP contribution in [0.1, 0.15) is 13.3 Å². The summed E-state index contributed by atoms with van der Waals surface area (Å²) in [6.45, 7) is 1.83. The van der Waals surface area contributed by atoms with Gasteiger partial charge in [0.2, 0.25) is 5.91 Å². The van der Waals surface area contributed by atoms with Gasteiger partial charge in [-0.1, -0.05) is 6.08 Å². The van der Waals surface area contributed by atoms with Crippen molar-refractivity contribution in [2.75, 3.05) is 6.54 Å². The minimum Gasteiger partial charge on any atom is -0.457 e. The minimum atomic E-state index is -0.336. The maximum atomic E-state index is 10.7. The number of nitrogens with one attached hydrogen (secondary N) is 1. The minimum absolute atomic E-state index is 0.111. The van der Waals surface area contributed by atoms with Crippen LogP contribution >= 0.6 is 0 Å². The van der Waals surface area contributed by atoms with Crippen molar-refractivity contribution in [2.45, 2.75) is 19.4 Å². The fourth-order valence-corrected chi connectivity index (χ4v) is 0.950. The molecule has 0 radical (unpaired) electrons. The Balaban J connectivity index is 2.30. The number of ether oxygens (including phenoxy) is 1. The summed E-state index contributed by atoms with van der Waals surface area (Å²) < 4.78 is 4.90. The first-order valence-corrected chi connectivity index (χ1v) is 3.80. The number of rotatable bonds is 2. The smallest absolute Gasteiger partial charge is 0.330 e. The number of carbonyl (C=O) groups is 2. The maximum absolute atomic E-state index is 10.7. The number of hydrogen-bond acceptors (Lipinski definition) is 3. The fraction of sp³-hybridized carbons (Fsp3) is 0.500. The molecule has 1 unspecified atom stereocenters. The van der Waals surface area contributed by atoms with E-state index in [1.165, 1.54) is 13.0 Å². The second kappa shape index (κ2) is 3.90. The van der Waals surface area contributed by atoms with Gasteiger partial charge in [-0.25, -0.2) is 4.79 Å². The zero-order valence-electron chi connectivity index (χ0n) is 6.87. The molecule has 0 fully saturated rings. The number of esters is 1. The Hall–Kier alpha value is -1.32. The molecule has 1 atom stereocenters. The normalized spacial score (nSPS) is 21.8. The molecular weight excluding hydrogens is 158 g/mol. The molecule has 1 aliphatic rings. The van der Waals surface area contributed by atoms with Crippen molar-refractivity contribution in [1.29, 1.82) is 0 Å². The van der Waals surface area contributed by atoms with Gasteiger partial charge in [-0.15, -0.1) is 0 Å². The van der Waals surface area contributed by atoms with Gasteiger partial charge in [0, 0.05) is 19.4 Å². The van der Waals surface area contributed by atoms with Crippen molar-refractivity contribution in [1.82, 2.24) is 5.32 Å². The number of carbonyl (C=O) groups excluding carboxylic acids is 2. The first-order valence-electron chi connectivity index (χ1n) is 3.80. The van der Waals surface area contributed by atoms with Crippen LogP contribution in [0.4, 0.5) is 0 Å². The zero-order chi connectivity index (χ0) is 8.97. The van der Waals surface area contributed by atoms with Gasteiger partial charge < -0.3 is 10.1 Å². The number of cyclic esters (lactones) is 1. The van der Waals surface area contributed by atoms with E-state index in [9.17, 15) is 9.59 Å². The fourth-order valence-electron chi connectivity index (χ4n) is 0.950. The zero-order valence-corrected chi connectivity index (χ0v) is 6.87. The van der Waals surface area contributed by atoms with Crippen molar-refractivity contribution >= 4 is 11.9 Å². The van der Waals surface area contributed by atoms with Crippen LogP contribution < -0.4 is 5.32 Å². The van der Waals surface area contributed by atoms with E-state index in [1.54, 1.807) is 6.08 Å². The van der Waals surface area contributed by atoms with E-state index in [-0.39, 0.29) is 18.0 Å². The summed E-state index contributed by atoms with van der Waals surface area (Å²) in [5.74, 6) is -0.447. The van der Waals surface area contributed by atoms with Gasteiger partial charge in [0.05, 0.1) is 6.54 Å². The van der Waals surface area contributed by atoms with Crippen LogP contribution in [0.3, 0.4) is 0 Å². The van der Waals surface area contributed by atoms with E-state index in [1.807, 2.05) is 0 Å². The molecule has 1 aliphatic heterocycles. The Kier molecular flexibility index (Phi) is 2.85. The maximum Gasteiger partial charge on any atom is 0.330 e. The Bertz CT molecular complexity index is 222. The lowest BCUT2D eigenvalue weighted by atomic mass is 10.2. The van der Waals surface area contributed by atoms with Crippen molar-refractivity contribution < 1.29 is 14.3 Å². The summed E-state index contributed by atoms with van der Waals surface area (Å²) in [7, 11) is 0. The molecule has 4 heteroatoms. The van der Waals surface area contributed by atoms with Crippen LogP contribution in [0.15, 0.2) is 12.2 Å². The Morgan fingerprint density at radius 1 is 1.83 bits per heavy atom. The van der Waals surface area contributed by atoms with Crippen LogP contribution in [0.2, 0.25) is 0 Å². The molecule has 1 heterocycles. The second-order valence-corrected chi connectivity index (χ2v) is 2.63. The summed E-state index contributed by atoms with van der Waals surface area (Å²) in [5.41, 5.74) is 0. The van der Waals surface area contributed by atoms with Crippen molar-refractivity contribution in [3.8, 4) is 0 Å². The topological polar surface area (TPSA) is 55.4 Å². The third-order valence-electron chi connectivity index (χ3n) is 1.51. The Labute approximate surface area is 70.6 Å².